The highest BCUT2D eigenvalue weighted by Gasteiger charge is 2.18. The summed E-state index contributed by atoms with van der Waals surface area (Å²) in [5.41, 5.74) is 1.01. The van der Waals surface area contributed by atoms with Gasteiger partial charge in [-0.15, -0.1) is 0 Å². The number of hydrogen-bond donors (Lipinski definition) is 1. The maximum atomic E-state index is 12.2. The van der Waals surface area contributed by atoms with E-state index in [0.717, 1.165) is 23.5 Å². The molecule has 2 unspecified atom stereocenters. The average Bonchev–Trinajstić information content (AvgIpc) is 2.53. The lowest BCUT2D eigenvalue weighted by atomic mass is 10.1. The lowest BCUT2D eigenvalue weighted by Crippen LogP contribution is -2.30. The molecule has 1 saturated heterocycles. The fourth-order valence-corrected chi connectivity index (χ4v) is 3.25. The van der Waals surface area contributed by atoms with Crippen LogP contribution in [0.5, 0.6) is 5.75 Å². The normalized spacial score (nSPS) is 24.9. The van der Waals surface area contributed by atoms with Gasteiger partial charge < -0.3 is 10.1 Å². The maximum Gasteiger partial charge on any atom is 0.387 e. The van der Waals surface area contributed by atoms with Crippen molar-refractivity contribution >= 4 is 11.8 Å². The standard InChI is InChI=1S/C13H17F2NOS/c1-9-5-6-18-8-12(16-9)10-3-2-4-11(7-10)17-13(14)15/h2-4,7,9,12-13,16H,5-6,8H2,1H3. The van der Waals surface area contributed by atoms with Crippen molar-refractivity contribution in [2.75, 3.05) is 11.5 Å². The summed E-state index contributed by atoms with van der Waals surface area (Å²) in [6.07, 6.45) is 1.13. The third-order valence-corrected chi connectivity index (χ3v) is 4.04. The van der Waals surface area contributed by atoms with Gasteiger partial charge in [-0.3, -0.25) is 0 Å². The van der Waals surface area contributed by atoms with Crippen LogP contribution in [-0.4, -0.2) is 24.2 Å². The highest BCUT2D eigenvalue weighted by Crippen LogP contribution is 2.26. The molecule has 1 N–H and O–H groups in total. The highest BCUT2D eigenvalue weighted by molar-refractivity contribution is 7.99. The zero-order chi connectivity index (χ0) is 13.0. The van der Waals surface area contributed by atoms with Gasteiger partial charge in [-0.05, 0) is 36.8 Å². The zero-order valence-corrected chi connectivity index (χ0v) is 11.1. The van der Waals surface area contributed by atoms with Crippen LogP contribution in [0.25, 0.3) is 0 Å². The molecule has 0 aromatic heterocycles. The van der Waals surface area contributed by atoms with Crippen LogP contribution in [0.3, 0.4) is 0 Å². The molecule has 0 spiro atoms. The fourth-order valence-electron chi connectivity index (χ4n) is 2.04. The molecule has 0 radical (unpaired) electrons. The summed E-state index contributed by atoms with van der Waals surface area (Å²) in [5, 5.41) is 3.51. The first-order valence-electron chi connectivity index (χ1n) is 6.03. The van der Waals surface area contributed by atoms with E-state index >= 15 is 0 Å². The molecule has 2 atom stereocenters. The molecule has 5 heteroatoms. The van der Waals surface area contributed by atoms with Crippen LogP contribution in [0.1, 0.15) is 24.9 Å². The van der Waals surface area contributed by atoms with Crippen molar-refractivity contribution in [1.29, 1.82) is 0 Å². The molecular weight excluding hydrogens is 256 g/mol. The van der Waals surface area contributed by atoms with Gasteiger partial charge in [-0.2, -0.15) is 20.5 Å². The number of alkyl halides is 2. The van der Waals surface area contributed by atoms with E-state index in [1.54, 1.807) is 18.2 Å². The molecule has 2 nitrogen and oxygen atoms in total. The van der Waals surface area contributed by atoms with E-state index in [2.05, 4.69) is 17.0 Å². The van der Waals surface area contributed by atoms with Crippen LogP contribution in [0.4, 0.5) is 8.78 Å². The van der Waals surface area contributed by atoms with E-state index in [1.807, 2.05) is 17.8 Å². The molecule has 0 saturated carbocycles. The largest absolute Gasteiger partial charge is 0.435 e. The van der Waals surface area contributed by atoms with Crippen molar-refractivity contribution in [3.8, 4) is 5.75 Å². The van der Waals surface area contributed by atoms with E-state index in [1.165, 1.54) is 0 Å². The molecule has 0 amide bonds. The van der Waals surface area contributed by atoms with Gasteiger partial charge in [0, 0.05) is 17.8 Å². The lowest BCUT2D eigenvalue weighted by Gasteiger charge is -2.20. The Bertz CT molecular complexity index is 389. The van der Waals surface area contributed by atoms with Crippen LogP contribution in [0, 0.1) is 0 Å². The first kappa shape index (κ1) is 13.6. The van der Waals surface area contributed by atoms with Crippen LogP contribution in [0.2, 0.25) is 0 Å². The average molecular weight is 273 g/mol. The molecular formula is C13H17F2NOS. The van der Waals surface area contributed by atoms with Gasteiger partial charge in [0.05, 0.1) is 0 Å². The number of ether oxygens (including phenoxy) is 1. The number of benzene rings is 1. The zero-order valence-electron chi connectivity index (χ0n) is 10.2. The summed E-state index contributed by atoms with van der Waals surface area (Å²) >= 11 is 1.89. The maximum absolute atomic E-state index is 12.2. The van der Waals surface area contributed by atoms with E-state index in [9.17, 15) is 8.78 Å². The van der Waals surface area contributed by atoms with Crippen molar-refractivity contribution in [1.82, 2.24) is 5.32 Å². The van der Waals surface area contributed by atoms with Crippen LogP contribution in [-0.2, 0) is 0 Å². The summed E-state index contributed by atoms with van der Waals surface area (Å²) in [4.78, 5) is 0. The van der Waals surface area contributed by atoms with Crippen molar-refractivity contribution in [2.24, 2.45) is 0 Å². The Hall–Kier alpha value is -0.810. The third-order valence-electron chi connectivity index (χ3n) is 2.95. The fraction of sp³-hybridized carbons (Fsp3) is 0.538. The van der Waals surface area contributed by atoms with Crippen LogP contribution >= 0.6 is 11.8 Å². The molecule has 2 rings (SSSR count). The number of rotatable bonds is 3. The summed E-state index contributed by atoms with van der Waals surface area (Å²) in [5.74, 6) is 2.33. The minimum absolute atomic E-state index is 0.203. The Morgan fingerprint density at radius 1 is 1.44 bits per heavy atom. The van der Waals surface area contributed by atoms with E-state index in [-0.39, 0.29) is 11.8 Å². The van der Waals surface area contributed by atoms with Gasteiger partial charge in [0.1, 0.15) is 5.75 Å². The minimum atomic E-state index is -2.77. The summed E-state index contributed by atoms with van der Waals surface area (Å²) in [6.45, 7) is -0.617. The SMILES string of the molecule is CC1CCSCC(c2cccc(OC(F)F)c2)N1. The molecule has 1 aliphatic heterocycles. The number of halogens is 2. The van der Waals surface area contributed by atoms with E-state index < -0.39 is 6.61 Å². The third kappa shape index (κ3) is 3.85. The monoisotopic (exact) mass is 273 g/mol. The Morgan fingerprint density at radius 2 is 2.28 bits per heavy atom. The van der Waals surface area contributed by atoms with Gasteiger partial charge in [-0.1, -0.05) is 12.1 Å². The summed E-state index contributed by atoms with van der Waals surface area (Å²) in [7, 11) is 0. The molecule has 1 aromatic rings. The van der Waals surface area contributed by atoms with Gasteiger partial charge in [-0.25, -0.2) is 0 Å². The predicted molar refractivity (Wildman–Crippen MR) is 70.4 cm³/mol. The van der Waals surface area contributed by atoms with E-state index in [0.29, 0.717) is 6.04 Å². The van der Waals surface area contributed by atoms with E-state index in [4.69, 9.17) is 0 Å². The summed E-state index contributed by atoms with van der Waals surface area (Å²) in [6, 6.07) is 7.62. The first-order chi connectivity index (χ1) is 8.65. The van der Waals surface area contributed by atoms with Gasteiger partial charge >= 0.3 is 6.61 Å². The topological polar surface area (TPSA) is 21.3 Å². The quantitative estimate of drug-likeness (QED) is 0.911. The number of thioether (sulfide) groups is 1. The Morgan fingerprint density at radius 3 is 3.06 bits per heavy atom. The molecule has 0 aliphatic carbocycles. The Kier molecular flexibility index (Phi) is 4.83. The summed E-state index contributed by atoms with van der Waals surface area (Å²) < 4.78 is 28.8. The van der Waals surface area contributed by atoms with Crippen LogP contribution < -0.4 is 10.1 Å². The van der Waals surface area contributed by atoms with Crippen molar-refractivity contribution in [3.63, 3.8) is 0 Å². The smallest absolute Gasteiger partial charge is 0.387 e. The predicted octanol–water partition coefficient (Wildman–Crippen LogP) is 3.44. The second-order valence-corrected chi connectivity index (χ2v) is 5.58. The number of hydrogen-bond acceptors (Lipinski definition) is 3. The molecule has 1 fully saturated rings. The Labute approximate surface area is 110 Å². The molecule has 1 aliphatic rings. The minimum Gasteiger partial charge on any atom is -0.435 e. The lowest BCUT2D eigenvalue weighted by molar-refractivity contribution is -0.0499. The molecule has 0 bridgehead atoms. The number of nitrogens with one attached hydrogen (secondary N) is 1. The second kappa shape index (κ2) is 6.38. The van der Waals surface area contributed by atoms with Crippen LogP contribution in [0.15, 0.2) is 24.3 Å². The van der Waals surface area contributed by atoms with Gasteiger partial charge in [0.15, 0.2) is 0 Å². The first-order valence-corrected chi connectivity index (χ1v) is 7.19. The Balaban J connectivity index is 2.11. The molecule has 1 aromatic carbocycles. The highest BCUT2D eigenvalue weighted by atomic mass is 32.2. The molecule has 18 heavy (non-hydrogen) atoms. The van der Waals surface area contributed by atoms with Gasteiger partial charge in [0.25, 0.3) is 0 Å². The molecule has 100 valence electrons. The second-order valence-electron chi connectivity index (χ2n) is 4.43. The van der Waals surface area contributed by atoms with Crippen molar-refractivity contribution < 1.29 is 13.5 Å². The van der Waals surface area contributed by atoms with Crippen molar-refractivity contribution in [3.05, 3.63) is 29.8 Å². The molecule has 1 heterocycles. The van der Waals surface area contributed by atoms with Crippen molar-refractivity contribution in [2.45, 2.75) is 32.0 Å². The van der Waals surface area contributed by atoms with Gasteiger partial charge in [0.2, 0.25) is 0 Å².